The van der Waals surface area contributed by atoms with Crippen molar-refractivity contribution in [3.63, 3.8) is 0 Å². The highest BCUT2D eigenvalue weighted by Gasteiger charge is 2.16. The first-order valence-electron chi connectivity index (χ1n) is 6.61. The molecular weight excluding hydrogens is 240 g/mol. The van der Waals surface area contributed by atoms with Crippen molar-refractivity contribution in [2.24, 2.45) is 11.1 Å². The molecule has 1 aromatic rings. The van der Waals surface area contributed by atoms with Crippen molar-refractivity contribution in [1.29, 1.82) is 0 Å². The summed E-state index contributed by atoms with van der Waals surface area (Å²) < 4.78 is 5.48. The fraction of sp³-hybridized carbons (Fsp3) is 0.533. The van der Waals surface area contributed by atoms with E-state index in [1.54, 1.807) is 0 Å². The predicted molar refractivity (Wildman–Crippen MR) is 78.2 cm³/mol. The molecule has 0 atom stereocenters. The molecule has 1 aromatic carbocycles. The van der Waals surface area contributed by atoms with Crippen LogP contribution in [0.15, 0.2) is 18.2 Å². The molecule has 3 N–H and O–H groups in total. The Balaban J connectivity index is 2.77. The van der Waals surface area contributed by atoms with E-state index in [0.29, 0.717) is 19.6 Å². The summed E-state index contributed by atoms with van der Waals surface area (Å²) in [6, 6.07) is 5.55. The summed E-state index contributed by atoms with van der Waals surface area (Å²) in [5, 5.41) is 2.89. The number of hydrogen-bond acceptors (Lipinski definition) is 3. The number of anilines is 1. The Bertz CT molecular complexity index is 436. The molecule has 0 aromatic heterocycles. The molecule has 0 aliphatic heterocycles. The van der Waals surface area contributed by atoms with Gasteiger partial charge in [-0.15, -0.1) is 0 Å². The Morgan fingerprint density at radius 3 is 2.58 bits per heavy atom. The first-order chi connectivity index (χ1) is 8.85. The van der Waals surface area contributed by atoms with Crippen LogP contribution in [-0.4, -0.2) is 12.5 Å². The Morgan fingerprint density at radius 2 is 2.05 bits per heavy atom. The van der Waals surface area contributed by atoms with Gasteiger partial charge >= 0.3 is 0 Å². The number of carbonyl (C=O) groups excluding carboxylic acids is 1. The van der Waals surface area contributed by atoms with Crippen LogP contribution in [0.5, 0.6) is 5.75 Å². The summed E-state index contributed by atoms with van der Waals surface area (Å²) in [6.45, 7) is 9.03. The Kier molecular flexibility index (Phi) is 5.36. The van der Waals surface area contributed by atoms with Crippen LogP contribution in [0.4, 0.5) is 5.69 Å². The number of benzene rings is 1. The van der Waals surface area contributed by atoms with Gasteiger partial charge in [-0.3, -0.25) is 4.79 Å². The van der Waals surface area contributed by atoms with E-state index in [4.69, 9.17) is 10.5 Å². The van der Waals surface area contributed by atoms with Crippen molar-refractivity contribution < 1.29 is 9.53 Å². The monoisotopic (exact) mass is 264 g/mol. The Hall–Kier alpha value is -1.55. The van der Waals surface area contributed by atoms with Crippen molar-refractivity contribution in [3.8, 4) is 5.75 Å². The minimum Gasteiger partial charge on any atom is -0.494 e. The number of carbonyl (C=O) groups is 1. The van der Waals surface area contributed by atoms with Crippen LogP contribution in [0.25, 0.3) is 0 Å². The molecule has 4 heteroatoms. The van der Waals surface area contributed by atoms with Gasteiger partial charge in [-0.05, 0) is 30.5 Å². The van der Waals surface area contributed by atoms with E-state index >= 15 is 0 Å². The lowest BCUT2D eigenvalue weighted by Gasteiger charge is -2.18. The smallest absolute Gasteiger partial charge is 0.224 e. The zero-order valence-electron chi connectivity index (χ0n) is 12.2. The molecule has 19 heavy (non-hydrogen) atoms. The van der Waals surface area contributed by atoms with Crippen LogP contribution in [0.1, 0.15) is 39.7 Å². The quantitative estimate of drug-likeness (QED) is 0.859. The highest BCUT2D eigenvalue weighted by Crippen LogP contribution is 2.24. The third kappa shape index (κ3) is 5.30. The van der Waals surface area contributed by atoms with Gasteiger partial charge in [0.15, 0.2) is 0 Å². The summed E-state index contributed by atoms with van der Waals surface area (Å²) in [7, 11) is 0. The van der Waals surface area contributed by atoms with E-state index in [1.807, 2.05) is 45.9 Å². The lowest BCUT2D eigenvalue weighted by molar-refractivity contribution is -0.117. The first-order valence-corrected chi connectivity index (χ1v) is 6.61. The number of nitrogens with one attached hydrogen (secondary N) is 1. The lowest BCUT2D eigenvalue weighted by atomic mass is 9.92. The van der Waals surface area contributed by atoms with Crippen molar-refractivity contribution in [1.82, 2.24) is 0 Å². The van der Waals surface area contributed by atoms with E-state index in [2.05, 4.69) is 5.32 Å². The number of rotatable bonds is 5. The second kappa shape index (κ2) is 6.57. The third-order valence-electron chi connectivity index (χ3n) is 2.55. The molecule has 0 bridgehead atoms. The molecule has 0 aliphatic rings. The molecule has 0 radical (unpaired) electrons. The normalized spacial score (nSPS) is 11.2. The van der Waals surface area contributed by atoms with Crippen LogP contribution in [0.2, 0.25) is 0 Å². The van der Waals surface area contributed by atoms with E-state index in [9.17, 15) is 4.79 Å². The van der Waals surface area contributed by atoms with Gasteiger partial charge in [-0.1, -0.05) is 20.8 Å². The topological polar surface area (TPSA) is 64.3 Å². The average molecular weight is 264 g/mol. The van der Waals surface area contributed by atoms with Gasteiger partial charge < -0.3 is 15.8 Å². The molecule has 0 unspecified atom stereocenters. The second-order valence-electron chi connectivity index (χ2n) is 5.75. The van der Waals surface area contributed by atoms with Crippen LogP contribution in [0.3, 0.4) is 0 Å². The van der Waals surface area contributed by atoms with Crippen molar-refractivity contribution in [3.05, 3.63) is 23.8 Å². The molecule has 0 saturated carbocycles. The molecule has 1 amide bonds. The summed E-state index contributed by atoms with van der Waals surface area (Å²) in [5.74, 6) is 0.790. The molecule has 106 valence electrons. The molecule has 4 nitrogen and oxygen atoms in total. The van der Waals surface area contributed by atoms with Crippen LogP contribution >= 0.6 is 0 Å². The number of nitrogens with two attached hydrogens (primary N) is 1. The van der Waals surface area contributed by atoms with Gasteiger partial charge in [0.25, 0.3) is 0 Å². The summed E-state index contributed by atoms with van der Waals surface area (Å²) in [5.41, 5.74) is 7.33. The predicted octanol–water partition coefficient (Wildman–Crippen LogP) is 2.92. The minimum absolute atomic E-state index is 0.0135. The fourth-order valence-electron chi connectivity index (χ4n) is 1.80. The molecule has 0 saturated heterocycles. The van der Waals surface area contributed by atoms with Crippen LogP contribution in [-0.2, 0) is 11.3 Å². The van der Waals surface area contributed by atoms with Gasteiger partial charge in [-0.25, -0.2) is 0 Å². The molecule has 1 rings (SSSR count). The van der Waals surface area contributed by atoms with Gasteiger partial charge in [-0.2, -0.15) is 0 Å². The molecular formula is C15H24N2O2. The van der Waals surface area contributed by atoms with E-state index in [1.165, 1.54) is 0 Å². The van der Waals surface area contributed by atoms with Crippen molar-refractivity contribution in [2.75, 3.05) is 11.9 Å². The molecule has 0 heterocycles. The highest BCUT2D eigenvalue weighted by atomic mass is 16.5. The van der Waals surface area contributed by atoms with Crippen LogP contribution in [0, 0.1) is 5.41 Å². The summed E-state index contributed by atoms with van der Waals surface area (Å²) in [4.78, 5) is 11.9. The second-order valence-corrected chi connectivity index (χ2v) is 5.75. The van der Waals surface area contributed by atoms with Gasteiger partial charge in [0.1, 0.15) is 5.75 Å². The van der Waals surface area contributed by atoms with Gasteiger partial charge in [0.05, 0.1) is 6.61 Å². The van der Waals surface area contributed by atoms with Crippen molar-refractivity contribution in [2.45, 2.75) is 40.7 Å². The SMILES string of the molecule is CCOc1ccc(NC(=O)CC(C)(C)C)cc1CN. The Morgan fingerprint density at radius 1 is 1.37 bits per heavy atom. The third-order valence-corrected chi connectivity index (χ3v) is 2.55. The first kappa shape index (κ1) is 15.5. The molecule has 0 fully saturated rings. The number of hydrogen-bond donors (Lipinski definition) is 2. The van der Waals surface area contributed by atoms with E-state index < -0.39 is 0 Å². The van der Waals surface area contributed by atoms with E-state index in [0.717, 1.165) is 17.0 Å². The van der Waals surface area contributed by atoms with Crippen molar-refractivity contribution >= 4 is 11.6 Å². The Labute approximate surface area is 115 Å². The molecule has 0 spiro atoms. The minimum atomic E-state index is -0.0218. The van der Waals surface area contributed by atoms with E-state index in [-0.39, 0.29) is 11.3 Å². The maximum absolute atomic E-state index is 11.9. The fourth-order valence-corrected chi connectivity index (χ4v) is 1.80. The highest BCUT2D eigenvalue weighted by molar-refractivity contribution is 5.91. The molecule has 0 aliphatic carbocycles. The number of ether oxygens (including phenoxy) is 1. The zero-order valence-corrected chi connectivity index (χ0v) is 12.2. The zero-order chi connectivity index (χ0) is 14.5. The van der Waals surface area contributed by atoms with Gasteiger partial charge in [0, 0.05) is 24.2 Å². The maximum atomic E-state index is 11.9. The largest absolute Gasteiger partial charge is 0.494 e. The maximum Gasteiger partial charge on any atom is 0.224 e. The van der Waals surface area contributed by atoms with Crippen LogP contribution < -0.4 is 15.8 Å². The summed E-state index contributed by atoms with van der Waals surface area (Å²) in [6.07, 6.45) is 0.484. The lowest BCUT2D eigenvalue weighted by Crippen LogP contribution is -2.19. The summed E-state index contributed by atoms with van der Waals surface area (Å²) >= 11 is 0. The standard InChI is InChI=1S/C15H24N2O2/c1-5-19-13-7-6-12(8-11(13)10-16)17-14(18)9-15(2,3)4/h6-8H,5,9-10,16H2,1-4H3,(H,17,18). The van der Waals surface area contributed by atoms with Gasteiger partial charge in [0.2, 0.25) is 5.91 Å². The number of amides is 1. The average Bonchev–Trinajstić information content (AvgIpc) is 2.28.